The topological polar surface area (TPSA) is 42.2 Å². The van der Waals surface area contributed by atoms with Gasteiger partial charge in [0.1, 0.15) is 0 Å². The standard InChI is InChI=1S/C21H21N3.C2H4/c1-5-16-14(3)13-19(20(22)17(16)6-2)24(4)18-11-7-9-15-10-8-12-23-21(15)18;1-2/h5-13H,1-2,22H2,3-4H3;1-2H2. The first kappa shape index (κ1) is 19.0. The third-order valence-electron chi connectivity index (χ3n) is 4.38. The molecule has 2 aromatic carbocycles. The molecule has 132 valence electrons. The Morgan fingerprint density at radius 2 is 1.65 bits per heavy atom. The van der Waals surface area contributed by atoms with Crippen LogP contribution in [0.25, 0.3) is 23.1 Å². The minimum Gasteiger partial charge on any atom is -0.397 e. The van der Waals surface area contributed by atoms with Gasteiger partial charge in [0.2, 0.25) is 0 Å². The Morgan fingerprint density at radius 3 is 2.31 bits per heavy atom. The van der Waals surface area contributed by atoms with Crippen molar-refractivity contribution < 1.29 is 0 Å². The lowest BCUT2D eigenvalue weighted by Gasteiger charge is -2.25. The fraction of sp³-hybridized carbons (Fsp3) is 0.0870. The lowest BCUT2D eigenvalue weighted by atomic mass is 9.97. The van der Waals surface area contributed by atoms with Crippen molar-refractivity contribution in [1.29, 1.82) is 0 Å². The van der Waals surface area contributed by atoms with E-state index in [9.17, 15) is 0 Å². The van der Waals surface area contributed by atoms with Crippen LogP contribution < -0.4 is 10.6 Å². The van der Waals surface area contributed by atoms with Gasteiger partial charge >= 0.3 is 0 Å². The second kappa shape index (κ2) is 8.17. The molecule has 0 aliphatic heterocycles. The Morgan fingerprint density at radius 1 is 1.00 bits per heavy atom. The van der Waals surface area contributed by atoms with E-state index in [0.717, 1.165) is 39.0 Å². The van der Waals surface area contributed by atoms with Crippen molar-refractivity contribution in [3.8, 4) is 0 Å². The summed E-state index contributed by atoms with van der Waals surface area (Å²) in [5.41, 5.74) is 13.1. The molecule has 1 heterocycles. The van der Waals surface area contributed by atoms with Crippen molar-refractivity contribution in [2.24, 2.45) is 0 Å². The van der Waals surface area contributed by atoms with Gasteiger partial charge in [0.25, 0.3) is 0 Å². The van der Waals surface area contributed by atoms with Crippen LogP contribution in [0.3, 0.4) is 0 Å². The van der Waals surface area contributed by atoms with E-state index in [1.165, 1.54) is 0 Å². The van der Waals surface area contributed by atoms with Gasteiger partial charge in [0.05, 0.1) is 22.6 Å². The number of nitrogens with zero attached hydrogens (tertiary/aromatic N) is 2. The monoisotopic (exact) mass is 343 g/mol. The first-order valence-electron chi connectivity index (χ1n) is 8.34. The van der Waals surface area contributed by atoms with Gasteiger partial charge in [-0.05, 0) is 36.2 Å². The lowest BCUT2D eigenvalue weighted by Crippen LogP contribution is -2.14. The minimum atomic E-state index is 0.695. The number of nitrogen functional groups attached to an aromatic ring is 1. The van der Waals surface area contributed by atoms with Crippen molar-refractivity contribution in [3.05, 3.63) is 85.6 Å². The number of hydrogen-bond donors (Lipinski definition) is 1. The molecular formula is C23H25N3. The fourth-order valence-corrected chi connectivity index (χ4v) is 3.11. The van der Waals surface area contributed by atoms with Crippen LogP contribution in [0.2, 0.25) is 0 Å². The predicted octanol–water partition coefficient (Wildman–Crippen LogP) is 5.98. The van der Waals surface area contributed by atoms with Crippen molar-refractivity contribution in [2.75, 3.05) is 17.7 Å². The van der Waals surface area contributed by atoms with E-state index in [0.29, 0.717) is 5.69 Å². The first-order chi connectivity index (χ1) is 12.6. The third kappa shape index (κ3) is 3.24. The summed E-state index contributed by atoms with van der Waals surface area (Å²) in [6, 6.07) is 12.2. The number of benzene rings is 2. The molecule has 3 aromatic rings. The van der Waals surface area contributed by atoms with Crippen LogP contribution in [0, 0.1) is 6.92 Å². The molecular weight excluding hydrogens is 318 g/mol. The Kier molecular flexibility index (Phi) is 5.97. The molecule has 3 nitrogen and oxygen atoms in total. The average Bonchev–Trinajstić information content (AvgIpc) is 2.69. The molecule has 0 saturated heterocycles. The lowest BCUT2D eigenvalue weighted by molar-refractivity contribution is 1.20. The van der Waals surface area contributed by atoms with Gasteiger partial charge in [0, 0.05) is 24.2 Å². The molecule has 0 bridgehead atoms. The number of aryl methyl sites for hydroxylation is 1. The van der Waals surface area contributed by atoms with Crippen LogP contribution in [0.1, 0.15) is 16.7 Å². The summed E-state index contributed by atoms with van der Waals surface area (Å²) in [5.74, 6) is 0. The molecule has 1 aromatic heterocycles. The molecule has 2 N–H and O–H groups in total. The summed E-state index contributed by atoms with van der Waals surface area (Å²) in [6.45, 7) is 15.9. The Hall–Kier alpha value is -3.33. The van der Waals surface area contributed by atoms with Crippen LogP contribution in [0.15, 0.2) is 68.9 Å². The molecule has 3 heteroatoms. The van der Waals surface area contributed by atoms with Gasteiger partial charge in [-0.1, -0.05) is 43.5 Å². The normalized spacial score (nSPS) is 9.92. The molecule has 0 amide bonds. The fourth-order valence-electron chi connectivity index (χ4n) is 3.11. The number of fused-ring (bicyclic) bond motifs is 1. The molecule has 0 aliphatic rings. The molecule has 0 spiro atoms. The largest absolute Gasteiger partial charge is 0.397 e. The smallest absolute Gasteiger partial charge is 0.0938 e. The molecule has 0 radical (unpaired) electrons. The van der Waals surface area contributed by atoms with Gasteiger partial charge in [-0.25, -0.2) is 0 Å². The highest BCUT2D eigenvalue weighted by molar-refractivity contribution is 5.95. The van der Waals surface area contributed by atoms with E-state index in [1.54, 1.807) is 6.08 Å². The number of rotatable bonds is 4. The second-order valence-corrected chi connectivity index (χ2v) is 5.77. The molecule has 0 saturated carbocycles. The zero-order valence-electron chi connectivity index (χ0n) is 15.5. The van der Waals surface area contributed by atoms with E-state index in [2.05, 4.69) is 67.4 Å². The van der Waals surface area contributed by atoms with Crippen LogP contribution in [-0.4, -0.2) is 12.0 Å². The molecule has 0 unspecified atom stereocenters. The van der Waals surface area contributed by atoms with E-state index >= 15 is 0 Å². The summed E-state index contributed by atoms with van der Waals surface area (Å²) in [4.78, 5) is 6.62. The number of pyridine rings is 1. The number of para-hydroxylation sites is 1. The third-order valence-corrected chi connectivity index (χ3v) is 4.38. The number of anilines is 3. The van der Waals surface area contributed by atoms with Crippen LogP contribution in [0.4, 0.5) is 17.1 Å². The van der Waals surface area contributed by atoms with Gasteiger partial charge in [-0.15, -0.1) is 13.2 Å². The zero-order chi connectivity index (χ0) is 19.3. The molecule has 0 fully saturated rings. The van der Waals surface area contributed by atoms with Gasteiger partial charge in [0.15, 0.2) is 0 Å². The summed E-state index contributed by atoms with van der Waals surface area (Å²) >= 11 is 0. The summed E-state index contributed by atoms with van der Waals surface area (Å²) in [5, 5.41) is 1.10. The van der Waals surface area contributed by atoms with E-state index in [1.807, 2.05) is 31.5 Å². The SMILES string of the molecule is C=C.C=Cc1c(C)cc(N(C)c2cccc3cccnc23)c(N)c1C=C. The maximum Gasteiger partial charge on any atom is 0.0938 e. The predicted molar refractivity (Wildman–Crippen MR) is 117 cm³/mol. The highest BCUT2D eigenvalue weighted by Gasteiger charge is 2.16. The molecule has 3 rings (SSSR count). The van der Waals surface area contributed by atoms with E-state index in [4.69, 9.17) is 5.73 Å². The van der Waals surface area contributed by atoms with Crippen molar-refractivity contribution in [3.63, 3.8) is 0 Å². The number of nitrogens with two attached hydrogens (primary N) is 1. The Bertz CT molecular complexity index is 952. The van der Waals surface area contributed by atoms with E-state index in [-0.39, 0.29) is 0 Å². The van der Waals surface area contributed by atoms with Crippen molar-refractivity contribution in [2.45, 2.75) is 6.92 Å². The van der Waals surface area contributed by atoms with Crippen LogP contribution >= 0.6 is 0 Å². The highest BCUT2D eigenvalue weighted by atomic mass is 15.1. The van der Waals surface area contributed by atoms with Crippen LogP contribution in [0.5, 0.6) is 0 Å². The summed E-state index contributed by atoms with van der Waals surface area (Å²) in [7, 11) is 2.01. The first-order valence-corrected chi connectivity index (χ1v) is 8.34. The van der Waals surface area contributed by atoms with Crippen molar-refractivity contribution in [1.82, 2.24) is 4.98 Å². The number of aromatic nitrogens is 1. The van der Waals surface area contributed by atoms with Gasteiger partial charge in [-0.2, -0.15) is 0 Å². The molecule has 26 heavy (non-hydrogen) atoms. The second-order valence-electron chi connectivity index (χ2n) is 5.77. The maximum atomic E-state index is 6.44. The highest BCUT2D eigenvalue weighted by Crippen LogP contribution is 2.38. The summed E-state index contributed by atoms with van der Waals surface area (Å²) < 4.78 is 0. The molecule has 0 aliphatic carbocycles. The quantitative estimate of drug-likeness (QED) is 0.468. The maximum absolute atomic E-state index is 6.44. The Labute approximate surface area is 155 Å². The zero-order valence-corrected chi connectivity index (χ0v) is 15.5. The minimum absolute atomic E-state index is 0.695. The van der Waals surface area contributed by atoms with Gasteiger partial charge in [-0.3, -0.25) is 4.98 Å². The van der Waals surface area contributed by atoms with Crippen LogP contribution in [-0.2, 0) is 0 Å². The number of hydrogen-bond acceptors (Lipinski definition) is 3. The summed E-state index contributed by atoms with van der Waals surface area (Å²) in [6.07, 6.45) is 5.42. The molecule has 0 atom stereocenters. The van der Waals surface area contributed by atoms with Crippen molar-refractivity contribution >= 4 is 40.1 Å². The Balaban J connectivity index is 0.00000117. The average molecular weight is 343 g/mol. The van der Waals surface area contributed by atoms with E-state index < -0.39 is 0 Å². The van der Waals surface area contributed by atoms with Gasteiger partial charge < -0.3 is 10.6 Å².